The molecule has 0 saturated heterocycles. The van der Waals surface area contributed by atoms with Crippen LogP contribution in [-0.2, 0) is 14.3 Å². The second kappa shape index (κ2) is 44.1. The molecule has 0 rings (SSSR count). The van der Waals surface area contributed by atoms with Crippen LogP contribution in [0.2, 0.25) is 0 Å². The topological polar surface area (TPSA) is 95.9 Å². The molecule has 0 saturated carbocycles. The number of ether oxygens (including phenoxy) is 1. The van der Waals surface area contributed by atoms with E-state index in [4.69, 9.17) is 4.74 Å². The first-order valence-corrected chi connectivity index (χ1v) is 23.6. The fourth-order valence-electron chi connectivity index (χ4n) is 7.04. The lowest BCUT2D eigenvalue weighted by Gasteiger charge is -2.20. The summed E-state index contributed by atoms with van der Waals surface area (Å²) < 4.78 is 5.43. The van der Waals surface area contributed by atoms with E-state index in [1.165, 1.54) is 135 Å². The number of allylic oxidation sites excluding steroid dienone is 3. The lowest BCUT2D eigenvalue weighted by Crippen LogP contribution is -2.45. The van der Waals surface area contributed by atoms with Crippen molar-refractivity contribution in [1.82, 2.24) is 5.32 Å². The van der Waals surface area contributed by atoms with E-state index >= 15 is 0 Å². The molecule has 6 heteroatoms. The van der Waals surface area contributed by atoms with Gasteiger partial charge in [-0.15, -0.1) is 0 Å². The summed E-state index contributed by atoms with van der Waals surface area (Å²) in [5.41, 5.74) is 0. The Morgan fingerprint density at radius 3 is 1.31 bits per heavy atom. The van der Waals surface area contributed by atoms with Crippen LogP contribution in [0.15, 0.2) is 24.3 Å². The number of carbonyl (C=O) groups excluding carboxylic acids is 2. The van der Waals surface area contributed by atoms with E-state index in [0.29, 0.717) is 19.4 Å². The minimum absolute atomic E-state index is 0.0306. The van der Waals surface area contributed by atoms with Crippen LogP contribution >= 0.6 is 0 Å². The maximum atomic E-state index is 12.3. The lowest BCUT2D eigenvalue weighted by atomic mass is 10.0. The molecule has 2 unspecified atom stereocenters. The van der Waals surface area contributed by atoms with E-state index in [2.05, 4.69) is 31.3 Å². The molecule has 0 heterocycles. The molecule has 0 aromatic heterocycles. The van der Waals surface area contributed by atoms with Crippen LogP contribution in [0.25, 0.3) is 0 Å². The summed E-state index contributed by atoms with van der Waals surface area (Å²) in [5.74, 6) is -0.130. The van der Waals surface area contributed by atoms with Crippen molar-refractivity contribution in [2.45, 2.75) is 257 Å². The summed E-state index contributed by atoms with van der Waals surface area (Å²) in [6.45, 7) is 4.80. The van der Waals surface area contributed by atoms with Crippen LogP contribution in [0.1, 0.15) is 245 Å². The lowest BCUT2D eigenvalue weighted by molar-refractivity contribution is -0.143. The third-order valence-corrected chi connectivity index (χ3v) is 10.7. The Kier molecular flexibility index (Phi) is 42.7. The van der Waals surface area contributed by atoms with Crippen molar-refractivity contribution in [3.05, 3.63) is 24.3 Å². The molecule has 0 radical (unpaired) electrons. The van der Waals surface area contributed by atoms with Crippen molar-refractivity contribution in [2.24, 2.45) is 0 Å². The Labute approximate surface area is 335 Å². The number of hydrogen-bond donors (Lipinski definition) is 3. The molecule has 0 aliphatic rings. The third kappa shape index (κ3) is 40.0. The number of esters is 1. The maximum absolute atomic E-state index is 12.3. The van der Waals surface area contributed by atoms with E-state index in [9.17, 15) is 19.8 Å². The highest BCUT2D eigenvalue weighted by molar-refractivity contribution is 5.76. The first-order valence-electron chi connectivity index (χ1n) is 23.6. The highest BCUT2D eigenvalue weighted by Gasteiger charge is 2.18. The van der Waals surface area contributed by atoms with Crippen LogP contribution < -0.4 is 5.32 Å². The molecule has 54 heavy (non-hydrogen) atoms. The van der Waals surface area contributed by atoms with Gasteiger partial charge in [0.05, 0.1) is 25.4 Å². The van der Waals surface area contributed by atoms with Crippen LogP contribution in [0.5, 0.6) is 0 Å². The minimum atomic E-state index is -0.859. The van der Waals surface area contributed by atoms with Gasteiger partial charge in [-0.05, 0) is 57.8 Å². The number of hydrogen-bond acceptors (Lipinski definition) is 5. The van der Waals surface area contributed by atoms with E-state index in [1.54, 1.807) is 6.08 Å². The Bertz CT molecular complexity index is 843. The predicted octanol–water partition coefficient (Wildman–Crippen LogP) is 13.6. The van der Waals surface area contributed by atoms with Crippen molar-refractivity contribution in [3.63, 3.8) is 0 Å². The van der Waals surface area contributed by atoms with E-state index in [1.807, 2.05) is 6.08 Å². The van der Waals surface area contributed by atoms with Gasteiger partial charge in [-0.2, -0.15) is 0 Å². The standard InChI is InChI=1S/C48H91NO5/c1-3-5-7-9-11-13-15-16-17-18-19-22-26-30-34-38-42-48(53)54-43-39-35-31-27-23-20-21-25-29-33-37-41-47(52)49-45(44-50)46(51)40-36-32-28-24-14-12-10-8-6-4-2/h23,27,36,40,45-46,50-51H,3-22,24-26,28-35,37-39,41-44H2,1-2H3,(H,49,52)/b27-23-,40-36+. The predicted molar refractivity (Wildman–Crippen MR) is 232 cm³/mol. The number of nitrogens with one attached hydrogen (secondary N) is 1. The molecular formula is C48H91NO5. The molecule has 0 spiro atoms. The zero-order valence-electron chi connectivity index (χ0n) is 36.0. The minimum Gasteiger partial charge on any atom is -0.466 e. The molecular weight excluding hydrogens is 671 g/mol. The summed E-state index contributed by atoms with van der Waals surface area (Å²) in [4.78, 5) is 24.4. The highest BCUT2D eigenvalue weighted by Crippen LogP contribution is 2.15. The number of aliphatic hydroxyl groups excluding tert-OH is 2. The van der Waals surface area contributed by atoms with Crippen LogP contribution in [0.3, 0.4) is 0 Å². The fraction of sp³-hybridized carbons (Fsp3) is 0.875. The Hall–Kier alpha value is -1.66. The average Bonchev–Trinajstić information content (AvgIpc) is 3.17. The van der Waals surface area contributed by atoms with Crippen molar-refractivity contribution in [3.8, 4) is 0 Å². The zero-order valence-corrected chi connectivity index (χ0v) is 36.0. The molecule has 318 valence electrons. The van der Waals surface area contributed by atoms with Gasteiger partial charge in [0, 0.05) is 12.8 Å². The van der Waals surface area contributed by atoms with Crippen molar-refractivity contribution in [2.75, 3.05) is 13.2 Å². The van der Waals surface area contributed by atoms with Crippen LogP contribution in [0, 0.1) is 0 Å². The quantitative estimate of drug-likeness (QED) is 0.0327. The molecule has 0 fully saturated rings. The molecule has 3 N–H and O–H groups in total. The van der Waals surface area contributed by atoms with Crippen molar-refractivity contribution < 1.29 is 24.5 Å². The molecule has 0 bridgehead atoms. The van der Waals surface area contributed by atoms with Crippen molar-refractivity contribution in [1.29, 1.82) is 0 Å². The first kappa shape index (κ1) is 52.3. The monoisotopic (exact) mass is 762 g/mol. The number of amides is 1. The van der Waals surface area contributed by atoms with Gasteiger partial charge in [0.2, 0.25) is 5.91 Å². The Morgan fingerprint density at radius 1 is 0.500 bits per heavy atom. The molecule has 0 aromatic carbocycles. The zero-order chi connectivity index (χ0) is 39.4. The van der Waals surface area contributed by atoms with E-state index in [-0.39, 0.29) is 18.5 Å². The Balaban J connectivity index is 3.51. The summed E-state index contributed by atoms with van der Waals surface area (Å²) in [6, 6.07) is -0.646. The van der Waals surface area contributed by atoms with Gasteiger partial charge in [0.1, 0.15) is 0 Å². The van der Waals surface area contributed by atoms with E-state index < -0.39 is 12.1 Å². The Morgan fingerprint density at radius 2 is 0.870 bits per heavy atom. The fourth-order valence-corrected chi connectivity index (χ4v) is 7.04. The molecule has 0 aliphatic heterocycles. The molecule has 0 aliphatic carbocycles. The maximum Gasteiger partial charge on any atom is 0.305 e. The van der Waals surface area contributed by atoms with Crippen molar-refractivity contribution >= 4 is 11.9 Å². The third-order valence-electron chi connectivity index (χ3n) is 10.7. The second-order valence-electron chi connectivity index (χ2n) is 16.1. The van der Waals surface area contributed by atoms with Gasteiger partial charge in [0.15, 0.2) is 0 Å². The SMILES string of the molecule is CCCCCCCCCC/C=C/C(O)C(CO)NC(=O)CCCCCCC/C=C\CCCCOC(=O)CCCCCCCCCCCCCCCCCC. The molecule has 6 nitrogen and oxygen atoms in total. The van der Waals surface area contributed by atoms with E-state index in [0.717, 1.165) is 83.5 Å². The second-order valence-corrected chi connectivity index (χ2v) is 16.1. The molecule has 1 amide bonds. The van der Waals surface area contributed by atoms with Gasteiger partial charge in [0.25, 0.3) is 0 Å². The van der Waals surface area contributed by atoms with Gasteiger partial charge >= 0.3 is 5.97 Å². The number of rotatable bonds is 43. The smallest absolute Gasteiger partial charge is 0.305 e. The summed E-state index contributed by atoms with van der Waals surface area (Å²) in [6.07, 6.45) is 50.3. The molecule has 2 atom stereocenters. The normalized spacial score (nSPS) is 12.9. The highest BCUT2D eigenvalue weighted by atomic mass is 16.5. The van der Waals surface area contributed by atoms with Gasteiger partial charge in [-0.3, -0.25) is 9.59 Å². The van der Waals surface area contributed by atoms with Gasteiger partial charge in [-0.1, -0.05) is 199 Å². The average molecular weight is 762 g/mol. The number of carbonyl (C=O) groups is 2. The van der Waals surface area contributed by atoms with Crippen LogP contribution in [0.4, 0.5) is 0 Å². The summed E-state index contributed by atoms with van der Waals surface area (Å²) >= 11 is 0. The van der Waals surface area contributed by atoms with Gasteiger partial charge < -0.3 is 20.3 Å². The van der Waals surface area contributed by atoms with Gasteiger partial charge in [-0.25, -0.2) is 0 Å². The van der Waals surface area contributed by atoms with Crippen LogP contribution in [-0.4, -0.2) is 47.4 Å². The number of unbranched alkanes of at least 4 members (excludes halogenated alkanes) is 30. The summed E-state index contributed by atoms with van der Waals surface area (Å²) in [7, 11) is 0. The number of aliphatic hydroxyl groups is 2. The summed E-state index contributed by atoms with van der Waals surface area (Å²) in [5, 5.41) is 22.9. The molecule has 0 aromatic rings. The first-order chi connectivity index (χ1) is 26.5. The largest absolute Gasteiger partial charge is 0.466 e.